The third-order valence-electron chi connectivity index (χ3n) is 3.77. The van der Waals surface area contributed by atoms with E-state index < -0.39 is 4.92 Å². The fraction of sp³-hybridized carbons (Fsp3) is 0.533. The minimum atomic E-state index is -0.423. The topological polar surface area (TPSA) is 110 Å². The van der Waals surface area contributed by atoms with Crippen molar-refractivity contribution in [3.8, 4) is 11.4 Å². The molecule has 23 heavy (non-hydrogen) atoms. The van der Waals surface area contributed by atoms with Crippen molar-refractivity contribution in [2.75, 3.05) is 5.32 Å². The minimum absolute atomic E-state index is 0.0176. The minimum Gasteiger partial charge on any atom is -0.382 e. The summed E-state index contributed by atoms with van der Waals surface area (Å²) in [5.74, 6) is 0.358. The van der Waals surface area contributed by atoms with Crippen LogP contribution in [-0.2, 0) is 0 Å². The van der Waals surface area contributed by atoms with Gasteiger partial charge in [0.25, 0.3) is 5.69 Å². The SMILES string of the molecule is CC.O=[N+]([O-])c1ccc(NC2CCCCC2)c(-c2nn[nH]n2)c1. The molecule has 1 fully saturated rings. The molecule has 1 aliphatic carbocycles. The first-order chi connectivity index (χ1) is 11.2. The van der Waals surface area contributed by atoms with Gasteiger partial charge in [-0.05, 0) is 24.1 Å². The fourth-order valence-corrected chi connectivity index (χ4v) is 2.70. The maximum Gasteiger partial charge on any atom is 0.270 e. The lowest BCUT2D eigenvalue weighted by Crippen LogP contribution is -2.22. The van der Waals surface area contributed by atoms with E-state index in [1.807, 2.05) is 13.8 Å². The van der Waals surface area contributed by atoms with Gasteiger partial charge in [0.1, 0.15) is 0 Å². The van der Waals surface area contributed by atoms with Crippen LogP contribution in [0, 0.1) is 10.1 Å². The smallest absolute Gasteiger partial charge is 0.270 e. The van der Waals surface area contributed by atoms with Crippen molar-refractivity contribution in [3.05, 3.63) is 28.3 Å². The Morgan fingerprint density at radius 3 is 2.61 bits per heavy atom. The number of nitrogens with zero attached hydrogens (tertiary/aromatic N) is 4. The molecule has 0 radical (unpaired) electrons. The molecular weight excluding hydrogens is 296 g/mol. The lowest BCUT2D eigenvalue weighted by atomic mass is 9.95. The van der Waals surface area contributed by atoms with Gasteiger partial charge < -0.3 is 5.32 Å². The van der Waals surface area contributed by atoms with E-state index in [4.69, 9.17) is 0 Å². The molecule has 1 aromatic carbocycles. The maximum atomic E-state index is 10.9. The molecule has 0 amide bonds. The summed E-state index contributed by atoms with van der Waals surface area (Å²) >= 11 is 0. The number of benzene rings is 1. The average molecular weight is 318 g/mol. The van der Waals surface area contributed by atoms with Crippen molar-refractivity contribution in [3.63, 3.8) is 0 Å². The Labute approximate surface area is 134 Å². The Bertz CT molecular complexity index is 623. The summed E-state index contributed by atoms with van der Waals surface area (Å²) in [6.45, 7) is 4.00. The van der Waals surface area contributed by atoms with Crippen molar-refractivity contribution in [2.45, 2.75) is 52.0 Å². The summed E-state index contributed by atoms with van der Waals surface area (Å²) in [6, 6.07) is 5.09. The van der Waals surface area contributed by atoms with Crippen LogP contribution in [0.2, 0.25) is 0 Å². The molecule has 0 saturated heterocycles. The number of nitrogens with one attached hydrogen (secondary N) is 2. The summed E-state index contributed by atoms with van der Waals surface area (Å²) in [6.07, 6.45) is 5.92. The van der Waals surface area contributed by atoms with E-state index >= 15 is 0 Å². The molecule has 1 saturated carbocycles. The molecular formula is C15H22N6O2. The van der Waals surface area contributed by atoms with Gasteiger partial charge in [-0.2, -0.15) is 5.21 Å². The van der Waals surface area contributed by atoms with E-state index in [0.29, 0.717) is 17.4 Å². The van der Waals surface area contributed by atoms with Crippen LogP contribution in [0.25, 0.3) is 11.4 Å². The van der Waals surface area contributed by atoms with Crippen LogP contribution in [0.15, 0.2) is 18.2 Å². The highest BCUT2D eigenvalue weighted by atomic mass is 16.6. The van der Waals surface area contributed by atoms with Gasteiger partial charge in [-0.25, -0.2) is 0 Å². The molecule has 0 unspecified atom stereocenters. The van der Waals surface area contributed by atoms with Crippen molar-refractivity contribution >= 4 is 11.4 Å². The Hall–Kier alpha value is -2.51. The highest BCUT2D eigenvalue weighted by molar-refractivity contribution is 5.75. The van der Waals surface area contributed by atoms with Crippen LogP contribution in [-0.4, -0.2) is 31.6 Å². The van der Waals surface area contributed by atoms with Crippen LogP contribution < -0.4 is 5.32 Å². The first kappa shape index (κ1) is 16.9. The Kier molecular flexibility index (Phi) is 6.02. The predicted octanol–water partition coefficient (Wildman–Crippen LogP) is 3.55. The van der Waals surface area contributed by atoms with Crippen LogP contribution >= 0.6 is 0 Å². The number of H-pyrrole nitrogens is 1. The zero-order valence-electron chi connectivity index (χ0n) is 13.5. The molecule has 3 rings (SSSR count). The summed E-state index contributed by atoms with van der Waals surface area (Å²) in [4.78, 5) is 10.5. The van der Waals surface area contributed by atoms with Gasteiger partial charge in [-0.15, -0.1) is 10.2 Å². The Balaban J connectivity index is 0.000000924. The molecule has 1 heterocycles. The molecule has 2 N–H and O–H groups in total. The Morgan fingerprint density at radius 2 is 2.00 bits per heavy atom. The van der Waals surface area contributed by atoms with Gasteiger partial charge in [0, 0.05) is 23.9 Å². The molecule has 0 spiro atoms. The molecule has 1 aliphatic rings. The fourth-order valence-electron chi connectivity index (χ4n) is 2.70. The molecule has 0 atom stereocenters. The van der Waals surface area contributed by atoms with Crippen LogP contribution in [0.4, 0.5) is 11.4 Å². The second kappa shape index (κ2) is 8.21. The van der Waals surface area contributed by atoms with Gasteiger partial charge in [-0.1, -0.05) is 33.1 Å². The van der Waals surface area contributed by atoms with Gasteiger partial charge >= 0.3 is 0 Å². The van der Waals surface area contributed by atoms with Gasteiger partial charge in [0.05, 0.1) is 10.5 Å². The first-order valence-electron chi connectivity index (χ1n) is 8.03. The van der Waals surface area contributed by atoms with Gasteiger partial charge in [0.2, 0.25) is 5.82 Å². The lowest BCUT2D eigenvalue weighted by Gasteiger charge is -2.24. The molecule has 8 heteroatoms. The highest BCUT2D eigenvalue weighted by Gasteiger charge is 2.19. The number of rotatable bonds is 4. The zero-order chi connectivity index (χ0) is 16.7. The average Bonchev–Trinajstić information content (AvgIpc) is 3.12. The van der Waals surface area contributed by atoms with E-state index in [2.05, 4.69) is 25.9 Å². The molecule has 0 aliphatic heterocycles. The third-order valence-corrected chi connectivity index (χ3v) is 3.77. The first-order valence-corrected chi connectivity index (χ1v) is 8.03. The van der Waals surface area contributed by atoms with Gasteiger partial charge in [0.15, 0.2) is 0 Å². The summed E-state index contributed by atoms with van der Waals surface area (Å²) < 4.78 is 0. The number of nitro benzene ring substituents is 1. The number of tetrazole rings is 1. The summed E-state index contributed by atoms with van der Waals surface area (Å²) in [7, 11) is 0. The number of aromatic nitrogens is 4. The monoisotopic (exact) mass is 318 g/mol. The normalized spacial score (nSPS) is 14.7. The van der Waals surface area contributed by atoms with Crippen LogP contribution in [0.3, 0.4) is 0 Å². The van der Waals surface area contributed by atoms with Crippen LogP contribution in [0.1, 0.15) is 46.0 Å². The number of nitro groups is 1. The highest BCUT2D eigenvalue weighted by Crippen LogP contribution is 2.31. The number of aromatic amines is 1. The summed E-state index contributed by atoms with van der Waals surface area (Å²) in [5.41, 5.74) is 1.43. The molecule has 2 aromatic rings. The molecule has 8 nitrogen and oxygen atoms in total. The van der Waals surface area contributed by atoms with Crippen molar-refractivity contribution < 1.29 is 4.92 Å². The van der Waals surface area contributed by atoms with E-state index in [1.165, 1.54) is 31.4 Å². The van der Waals surface area contributed by atoms with Crippen molar-refractivity contribution in [1.82, 2.24) is 20.6 Å². The largest absolute Gasteiger partial charge is 0.382 e. The van der Waals surface area contributed by atoms with E-state index in [9.17, 15) is 10.1 Å². The number of non-ortho nitro benzene ring substituents is 1. The quantitative estimate of drug-likeness (QED) is 0.659. The van der Waals surface area contributed by atoms with E-state index in [1.54, 1.807) is 6.07 Å². The van der Waals surface area contributed by atoms with Crippen LogP contribution in [0.5, 0.6) is 0 Å². The second-order valence-corrected chi connectivity index (χ2v) is 5.20. The van der Waals surface area contributed by atoms with Crippen molar-refractivity contribution in [1.29, 1.82) is 0 Å². The van der Waals surface area contributed by atoms with Crippen molar-refractivity contribution in [2.24, 2.45) is 0 Å². The number of hydrogen-bond donors (Lipinski definition) is 2. The zero-order valence-corrected chi connectivity index (χ0v) is 13.5. The molecule has 1 aromatic heterocycles. The predicted molar refractivity (Wildman–Crippen MR) is 88.1 cm³/mol. The summed E-state index contributed by atoms with van der Waals surface area (Å²) in [5, 5.41) is 28.2. The number of hydrogen-bond acceptors (Lipinski definition) is 6. The standard InChI is InChI=1S/C13H16N6O2.C2H6/c20-19(21)10-6-7-12(14-9-4-2-1-3-5-9)11(8-10)13-15-17-18-16-13;1-2/h6-9,14H,1-5H2,(H,15,16,17,18);1-2H3. The second-order valence-electron chi connectivity index (χ2n) is 5.20. The molecule has 124 valence electrons. The van der Waals surface area contributed by atoms with E-state index in [-0.39, 0.29) is 5.69 Å². The number of anilines is 1. The van der Waals surface area contributed by atoms with E-state index in [0.717, 1.165) is 18.5 Å². The van der Waals surface area contributed by atoms with Gasteiger partial charge in [-0.3, -0.25) is 10.1 Å². The third kappa shape index (κ3) is 4.24. The lowest BCUT2D eigenvalue weighted by molar-refractivity contribution is -0.384. The Morgan fingerprint density at radius 1 is 1.26 bits per heavy atom. The maximum absolute atomic E-state index is 10.9. The molecule has 0 bridgehead atoms.